The van der Waals surface area contributed by atoms with Crippen LogP contribution < -0.4 is 10.6 Å². The molecule has 2 aliphatic rings. The third kappa shape index (κ3) is 4.72. The zero-order valence-electron chi connectivity index (χ0n) is 12.4. The van der Waals surface area contributed by atoms with Crippen molar-refractivity contribution in [3.63, 3.8) is 0 Å². The molecule has 0 aromatic carbocycles. The summed E-state index contributed by atoms with van der Waals surface area (Å²) in [4.78, 5) is 11.1. The summed E-state index contributed by atoms with van der Waals surface area (Å²) in [6, 6.07) is 0.148. The summed E-state index contributed by atoms with van der Waals surface area (Å²) < 4.78 is 5.91. The van der Waals surface area contributed by atoms with Crippen molar-refractivity contribution in [1.82, 2.24) is 10.6 Å². The summed E-state index contributed by atoms with van der Waals surface area (Å²) in [5, 5.41) is 16.0. The molecule has 20 heavy (non-hydrogen) atoms. The molecular formula is C15H28N2O3. The molecule has 1 saturated carbocycles. The lowest BCUT2D eigenvalue weighted by Crippen LogP contribution is -2.40. The van der Waals surface area contributed by atoms with Crippen LogP contribution in [0.1, 0.15) is 45.4 Å². The first-order chi connectivity index (χ1) is 9.69. The van der Waals surface area contributed by atoms with Crippen LogP contribution in [0, 0.1) is 5.92 Å². The number of aliphatic hydroxyl groups is 1. The van der Waals surface area contributed by atoms with E-state index in [1.54, 1.807) is 0 Å². The van der Waals surface area contributed by atoms with Crippen LogP contribution in [-0.2, 0) is 9.53 Å². The Morgan fingerprint density at radius 3 is 2.95 bits per heavy atom. The van der Waals surface area contributed by atoms with E-state index in [1.165, 1.54) is 19.3 Å². The second-order valence-corrected chi connectivity index (χ2v) is 6.09. The van der Waals surface area contributed by atoms with Crippen LogP contribution in [0.5, 0.6) is 0 Å². The molecule has 0 radical (unpaired) electrons. The number of nitrogens with one attached hydrogen (secondary N) is 2. The second kappa shape index (κ2) is 7.96. The van der Waals surface area contributed by atoms with E-state index in [9.17, 15) is 9.90 Å². The lowest BCUT2D eigenvalue weighted by atomic mass is 9.85. The highest BCUT2D eigenvalue weighted by Crippen LogP contribution is 2.29. The van der Waals surface area contributed by atoms with Gasteiger partial charge in [-0.15, -0.1) is 0 Å². The van der Waals surface area contributed by atoms with Crippen molar-refractivity contribution in [3.05, 3.63) is 0 Å². The molecule has 4 unspecified atom stereocenters. The average Bonchev–Trinajstić information content (AvgIpc) is 2.89. The largest absolute Gasteiger partial charge is 0.389 e. The molecule has 0 aromatic heterocycles. The molecule has 2 fully saturated rings. The number of rotatable bonds is 7. The highest BCUT2D eigenvalue weighted by Gasteiger charge is 2.25. The molecule has 3 N–H and O–H groups in total. The average molecular weight is 284 g/mol. The van der Waals surface area contributed by atoms with E-state index in [0.717, 1.165) is 12.8 Å². The minimum absolute atomic E-state index is 0.0845. The number of carbonyl (C=O) groups excluding carboxylic acids is 1. The summed E-state index contributed by atoms with van der Waals surface area (Å²) in [6.07, 6.45) is 6.42. The van der Waals surface area contributed by atoms with Crippen LogP contribution >= 0.6 is 0 Å². The molecule has 116 valence electrons. The number of carbonyl (C=O) groups is 1. The summed E-state index contributed by atoms with van der Waals surface area (Å²) in [7, 11) is 0. The molecule has 1 amide bonds. The summed E-state index contributed by atoms with van der Waals surface area (Å²) >= 11 is 0. The molecule has 1 aliphatic heterocycles. The van der Waals surface area contributed by atoms with Gasteiger partial charge in [0.15, 0.2) is 0 Å². The van der Waals surface area contributed by atoms with Crippen molar-refractivity contribution in [2.45, 2.75) is 63.7 Å². The van der Waals surface area contributed by atoms with Crippen molar-refractivity contribution >= 4 is 5.91 Å². The van der Waals surface area contributed by atoms with E-state index < -0.39 is 6.10 Å². The van der Waals surface area contributed by atoms with E-state index >= 15 is 0 Å². The van der Waals surface area contributed by atoms with Gasteiger partial charge < -0.3 is 20.5 Å². The van der Waals surface area contributed by atoms with Crippen molar-refractivity contribution in [2.75, 3.05) is 19.7 Å². The maximum atomic E-state index is 11.1. The highest BCUT2D eigenvalue weighted by molar-refractivity contribution is 5.78. The predicted molar refractivity (Wildman–Crippen MR) is 77.4 cm³/mol. The van der Waals surface area contributed by atoms with E-state index in [0.29, 0.717) is 38.1 Å². The van der Waals surface area contributed by atoms with Gasteiger partial charge in [-0.3, -0.25) is 4.79 Å². The molecule has 0 aromatic rings. The van der Waals surface area contributed by atoms with Crippen LogP contribution in [0.15, 0.2) is 0 Å². The van der Waals surface area contributed by atoms with Gasteiger partial charge in [0.1, 0.15) is 0 Å². The zero-order chi connectivity index (χ0) is 14.4. The SMILES string of the molecule is CCC1CCCCC1OCC(O)CNC1CNC(=O)C1. The minimum Gasteiger partial charge on any atom is -0.389 e. The lowest BCUT2D eigenvalue weighted by Gasteiger charge is -2.31. The fraction of sp³-hybridized carbons (Fsp3) is 0.933. The van der Waals surface area contributed by atoms with E-state index in [2.05, 4.69) is 17.6 Å². The number of hydrogen-bond acceptors (Lipinski definition) is 4. The van der Waals surface area contributed by atoms with Gasteiger partial charge >= 0.3 is 0 Å². The second-order valence-electron chi connectivity index (χ2n) is 6.09. The first-order valence-corrected chi connectivity index (χ1v) is 7.98. The van der Waals surface area contributed by atoms with Gasteiger partial charge in [-0.05, 0) is 18.8 Å². The molecule has 0 bridgehead atoms. The van der Waals surface area contributed by atoms with Gasteiger partial charge in [0.25, 0.3) is 0 Å². The molecule has 0 spiro atoms. The summed E-state index contributed by atoms with van der Waals surface area (Å²) in [6.45, 7) is 3.76. The fourth-order valence-electron chi connectivity index (χ4n) is 3.21. The van der Waals surface area contributed by atoms with Gasteiger partial charge in [-0.25, -0.2) is 0 Å². The van der Waals surface area contributed by atoms with E-state index in [4.69, 9.17) is 4.74 Å². The Morgan fingerprint density at radius 2 is 2.25 bits per heavy atom. The molecule has 2 rings (SSSR count). The normalized spacial score (nSPS) is 32.1. The van der Waals surface area contributed by atoms with Crippen LogP contribution in [-0.4, -0.2) is 49.0 Å². The third-order valence-corrected chi connectivity index (χ3v) is 4.49. The Balaban J connectivity index is 1.61. The number of amides is 1. The lowest BCUT2D eigenvalue weighted by molar-refractivity contribution is -0.119. The Hall–Kier alpha value is -0.650. The first kappa shape index (κ1) is 15.7. The smallest absolute Gasteiger partial charge is 0.221 e. The first-order valence-electron chi connectivity index (χ1n) is 7.98. The Bertz CT molecular complexity index is 311. The zero-order valence-corrected chi connectivity index (χ0v) is 12.4. The number of ether oxygens (including phenoxy) is 1. The molecular weight excluding hydrogens is 256 g/mol. The summed E-state index contributed by atoms with van der Waals surface area (Å²) in [5.41, 5.74) is 0. The third-order valence-electron chi connectivity index (χ3n) is 4.49. The van der Waals surface area contributed by atoms with E-state index in [-0.39, 0.29) is 11.9 Å². The Labute approximate surface area is 121 Å². The molecule has 5 nitrogen and oxygen atoms in total. The molecule has 1 aliphatic carbocycles. The van der Waals surface area contributed by atoms with Gasteiger partial charge in [-0.1, -0.05) is 26.2 Å². The van der Waals surface area contributed by atoms with Crippen LogP contribution in [0.3, 0.4) is 0 Å². The van der Waals surface area contributed by atoms with E-state index in [1.807, 2.05) is 0 Å². The van der Waals surface area contributed by atoms with Crippen molar-refractivity contribution < 1.29 is 14.6 Å². The Morgan fingerprint density at radius 1 is 1.45 bits per heavy atom. The van der Waals surface area contributed by atoms with Gasteiger partial charge in [0.2, 0.25) is 5.91 Å². The fourth-order valence-corrected chi connectivity index (χ4v) is 3.21. The highest BCUT2D eigenvalue weighted by atomic mass is 16.5. The van der Waals surface area contributed by atoms with Gasteiger partial charge in [0, 0.05) is 25.6 Å². The topological polar surface area (TPSA) is 70.6 Å². The predicted octanol–water partition coefficient (Wildman–Crippen LogP) is 0.811. The van der Waals surface area contributed by atoms with Crippen LogP contribution in [0.2, 0.25) is 0 Å². The maximum Gasteiger partial charge on any atom is 0.221 e. The maximum absolute atomic E-state index is 11.1. The van der Waals surface area contributed by atoms with Gasteiger partial charge in [-0.2, -0.15) is 0 Å². The van der Waals surface area contributed by atoms with Crippen molar-refractivity contribution in [2.24, 2.45) is 5.92 Å². The molecule has 4 atom stereocenters. The van der Waals surface area contributed by atoms with Crippen molar-refractivity contribution in [1.29, 1.82) is 0 Å². The quantitative estimate of drug-likeness (QED) is 0.647. The van der Waals surface area contributed by atoms with Gasteiger partial charge in [0.05, 0.1) is 18.8 Å². The number of hydrogen-bond donors (Lipinski definition) is 3. The summed E-state index contributed by atoms with van der Waals surface area (Å²) in [5.74, 6) is 0.738. The minimum atomic E-state index is -0.495. The van der Waals surface area contributed by atoms with Crippen LogP contribution in [0.25, 0.3) is 0 Å². The molecule has 5 heteroatoms. The number of aliphatic hydroxyl groups excluding tert-OH is 1. The van der Waals surface area contributed by atoms with Crippen LogP contribution in [0.4, 0.5) is 0 Å². The van der Waals surface area contributed by atoms with Crippen molar-refractivity contribution in [3.8, 4) is 0 Å². The molecule has 1 saturated heterocycles. The molecule has 1 heterocycles. The Kier molecular flexibility index (Phi) is 6.26. The standard InChI is InChI=1S/C15H28N2O3/c1-2-11-5-3-4-6-14(11)20-10-13(18)9-16-12-7-15(19)17-8-12/h11-14,16,18H,2-10H2,1H3,(H,17,19). The monoisotopic (exact) mass is 284 g/mol.